The Morgan fingerprint density at radius 2 is 1.32 bits per heavy atom. The summed E-state index contributed by atoms with van der Waals surface area (Å²) >= 11 is 5.63. The fourth-order valence-corrected chi connectivity index (χ4v) is 5.76. The quantitative estimate of drug-likeness (QED) is 0.225. The number of piperazine rings is 1. The van der Waals surface area contributed by atoms with Gasteiger partial charge in [0, 0.05) is 84.6 Å². The molecule has 1 fully saturated rings. The number of nitrogens with zero attached hydrogens (tertiary/aromatic N) is 2. The number of ether oxygens (including phenoxy) is 2. The van der Waals surface area contributed by atoms with Crippen molar-refractivity contribution in [3.63, 3.8) is 0 Å². The smallest absolute Gasteiger partial charge is 0.163 e. The monoisotopic (exact) mass is 578 g/mol. The number of aromatic amines is 2. The van der Waals surface area contributed by atoms with Gasteiger partial charge in [-0.05, 0) is 72.5 Å². The van der Waals surface area contributed by atoms with Crippen LogP contribution in [0.25, 0.3) is 21.8 Å². The predicted molar refractivity (Wildman–Crippen MR) is 161 cm³/mol. The van der Waals surface area contributed by atoms with Crippen molar-refractivity contribution in [3.8, 4) is 11.5 Å². The maximum absolute atomic E-state index is 13.6. The summed E-state index contributed by atoms with van der Waals surface area (Å²) in [5.41, 5.74) is 5.41. The lowest BCUT2D eigenvalue weighted by Gasteiger charge is -2.36. The average molecular weight is 579 g/mol. The van der Waals surface area contributed by atoms with Gasteiger partial charge in [-0.25, -0.2) is 8.78 Å². The number of benzene rings is 3. The molecule has 0 spiro atoms. The zero-order valence-electron chi connectivity index (χ0n) is 22.8. The number of H-pyrrole nitrogens is 2. The molecule has 9 heteroatoms. The molecular formula is C32H33ClF2N4O2. The average Bonchev–Trinajstić information content (AvgIpc) is 3.59. The minimum Gasteiger partial charge on any atom is -0.486 e. The van der Waals surface area contributed by atoms with E-state index in [4.69, 9.17) is 21.1 Å². The van der Waals surface area contributed by atoms with Crippen molar-refractivity contribution in [3.05, 3.63) is 89.8 Å². The van der Waals surface area contributed by atoms with E-state index in [2.05, 4.69) is 31.9 Å². The molecule has 0 atom stereocenters. The van der Waals surface area contributed by atoms with Crippen LogP contribution in [-0.4, -0.2) is 66.7 Å². The van der Waals surface area contributed by atoms with Gasteiger partial charge in [-0.3, -0.25) is 4.90 Å². The third-order valence-corrected chi connectivity index (χ3v) is 7.97. The van der Waals surface area contributed by atoms with E-state index in [0.29, 0.717) is 19.1 Å². The molecule has 0 radical (unpaired) electrons. The zero-order valence-corrected chi connectivity index (χ0v) is 23.5. The predicted octanol–water partition coefficient (Wildman–Crippen LogP) is 6.53. The lowest BCUT2D eigenvalue weighted by atomic mass is 10.1. The minimum atomic E-state index is -0.206. The van der Waals surface area contributed by atoms with Crippen LogP contribution in [0.15, 0.2) is 67.0 Å². The summed E-state index contributed by atoms with van der Waals surface area (Å²) in [6.45, 7) is 6.23. The van der Waals surface area contributed by atoms with Crippen LogP contribution in [0.3, 0.4) is 0 Å². The number of rotatable bonds is 6. The highest BCUT2D eigenvalue weighted by Crippen LogP contribution is 2.34. The van der Waals surface area contributed by atoms with Crippen molar-refractivity contribution in [1.29, 1.82) is 0 Å². The Bertz CT molecular complexity index is 1630. The first kappa shape index (κ1) is 27.4. The summed E-state index contributed by atoms with van der Waals surface area (Å²) in [6.07, 6.45) is 5.58. The molecule has 3 aromatic carbocycles. The summed E-state index contributed by atoms with van der Waals surface area (Å²) in [5.74, 6) is 1.86. The van der Waals surface area contributed by atoms with E-state index in [0.717, 1.165) is 84.4 Å². The molecule has 7 rings (SSSR count). The highest BCUT2D eigenvalue weighted by Gasteiger charge is 2.20. The molecule has 0 saturated carbocycles. The van der Waals surface area contributed by atoms with Gasteiger partial charge in [-0.1, -0.05) is 0 Å². The van der Waals surface area contributed by atoms with E-state index in [1.54, 1.807) is 18.2 Å². The van der Waals surface area contributed by atoms with E-state index in [9.17, 15) is 8.78 Å². The van der Waals surface area contributed by atoms with Crippen LogP contribution in [0.2, 0.25) is 0 Å². The Balaban J connectivity index is 0.000000195. The van der Waals surface area contributed by atoms with Crippen molar-refractivity contribution < 1.29 is 18.3 Å². The number of hydrogen-bond acceptors (Lipinski definition) is 4. The van der Waals surface area contributed by atoms with Crippen LogP contribution in [-0.2, 0) is 12.8 Å². The van der Waals surface area contributed by atoms with Crippen molar-refractivity contribution >= 4 is 39.1 Å². The molecule has 4 heterocycles. The third kappa shape index (κ3) is 6.29. The number of hydrogen-bond donors (Lipinski definition) is 2. The van der Waals surface area contributed by atoms with E-state index >= 15 is 0 Å². The number of nitrogens with one attached hydrogen (secondary N) is 2. The van der Waals surface area contributed by atoms with Gasteiger partial charge in [0.15, 0.2) is 11.5 Å². The van der Waals surface area contributed by atoms with E-state index < -0.39 is 0 Å². The second-order valence-corrected chi connectivity index (χ2v) is 10.7. The summed E-state index contributed by atoms with van der Waals surface area (Å²) in [6, 6.07) is 15.9. The van der Waals surface area contributed by atoms with Gasteiger partial charge >= 0.3 is 0 Å². The molecule has 41 heavy (non-hydrogen) atoms. The molecule has 6 nitrogen and oxygen atoms in total. The number of alkyl halides is 1. The van der Waals surface area contributed by atoms with Crippen LogP contribution in [0.4, 0.5) is 14.5 Å². The van der Waals surface area contributed by atoms with Gasteiger partial charge < -0.3 is 24.3 Å². The second kappa shape index (κ2) is 12.4. The van der Waals surface area contributed by atoms with Crippen LogP contribution in [0.1, 0.15) is 11.1 Å². The molecular weight excluding hydrogens is 546 g/mol. The molecule has 214 valence electrons. The van der Waals surface area contributed by atoms with E-state index in [1.807, 2.05) is 18.5 Å². The molecule has 1 saturated heterocycles. The Hall–Kier alpha value is -3.75. The van der Waals surface area contributed by atoms with Crippen molar-refractivity contribution in [1.82, 2.24) is 14.9 Å². The molecule has 2 N–H and O–H groups in total. The van der Waals surface area contributed by atoms with Gasteiger partial charge in [-0.15, -0.1) is 11.6 Å². The Labute approximate surface area is 242 Å². The second-order valence-electron chi connectivity index (χ2n) is 10.4. The molecule has 0 bridgehead atoms. The standard InChI is InChI=1S/C22H24FN3O2.C10H9ClFN/c23-17-1-3-20-19(13-17)16(15-24-20)5-6-25-7-9-26(10-8-25)18-2-4-21-22(14-18)28-12-11-27-21;11-4-3-7-6-13-10-2-1-8(12)5-9(7)10/h1-4,13-15,24H,5-12H2;1-2,5-6,13H,3-4H2. The van der Waals surface area contributed by atoms with Gasteiger partial charge in [0.25, 0.3) is 0 Å². The maximum Gasteiger partial charge on any atom is 0.163 e. The number of aryl methyl sites for hydroxylation is 1. The lowest BCUT2D eigenvalue weighted by Crippen LogP contribution is -2.47. The van der Waals surface area contributed by atoms with Crippen LogP contribution in [0.5, 0.6) is 11.5 Å². The fourth-order valence-electron chi connectivity index (χ4n) is 5.55. The Morgan fingerprint density at radius 3 is 1.95 bits per heavy atom. The van der Waals surface area contributed by atoms with Crippen molar-refractivity contribution in [2.24, 2.45) is 0 Å². The van der Waals surface area contributed by atoms with E-state index in [1.165, 1.54) is 29.4 Å². The SMILES string of the molecule is Fc1ccc2[nH]cc(CCCl)c2c1.Fc1ccc2[nH]cc(CCN3CCN(c4ccc5c(c4)OCCO5)CC3)c2c1. The highest BCUT2D eigenvalue weighted by molar-refractivity contribution is 6.18. The minimum absolute atomic E-state index is 0.179. The molecule has 0 aliphatic carbocycles. The summed E-state index contributed by atoms with van der Waals surface area (Å²) in [4.78, 5) is 11.2. The summed E-state index contributed by atoms with van der Waals surface area (Å²) in [7, 11) is 0. The fraction of sp³-hybridized carbons (Fsp3) is 0.312. The first-order valence-corrected chi connectivity index (χ1v) is 14.5. The summed E-state index contributed by atoms with van der Waals surface area (Å²) < 4.78 is 37.8. The molecule has 0 amide bonds. The highest BCUT2D eigenvalue weighted by atomic mass is 35.5. The number of anilines is 1. The normalized spacial score (nSPS) is 15.2. The van der Waals surface area contributed by atoms with Gasteiger partial charge in [0.1, 0.15) is 24.8 Å². The first-order chi connectivity index (χ1) is 20.1. The van der Waals surface area contributed by atoms with E-state index in [-0.39, 0.29) is 11.6 Å². The summed E-state index contributed by atoms with van der Waals surface area (Å²) in [5, 5.41) is 1.93. The van der Waals surface area contributed by atoms with Gasteiger partial charge in [0.2, 0.25) is 0 Å². The lowest BCUT2D eigenvalue weighted by molar-refractivity contribution is 0.171. The van der Waals surface area contributed by atoms with Crippen LogP contribution >= 0.6 is 11.6 Å². The van der Waals surface area contributed by atoms with Crippen molar-refractivity contribution in [2.45, 2.75) is 12.8 Å². The molecule has 5 aromatic rings. The van der Waals surface area contributed by atoms with Crippen LogP contribution < -0.4 is 14.4 Å². The number of fused-ring (bicyclic) bond motifs is 3. The van der Waals surface area contributed by atoms with Crippen molar-refractivity contribution in [2.75, 3.05) is 56.7 Å². The largest absolute Gasteiger partial charge is 0.486 e. The molecule has 2 aliphatic rings. The zero-order chi connectivity index (χ0) is 28.2. The van der Waals surface area contributed by atoms with Gasteiger partial charge in [0.05, 0.1) is 0 Å². The Morgan fingerprint density at radius 1 is 0.707 bits per heavy atom. The number of aromatic nitrogens is 2. The number of halogens is 3. The molecule has 2 aromatic heterocycles. The van der Waals surface area contributed by atoms with Crippen LogP contribution in [0, 0.1) is 11.6 Å². The van der Waals surface area contributed by atoms with Gasteiger partial charge in [-0.2, -0.15) is 0 Å². The molecule has 0 unspecified atom stereocenters. The molecule has 2 aliphatic heterocycles. The Kier molecular flexibility index (Phi) is 8.30. The first-order valence-electron chi connectivity index (χ1n) is 14.0. The maximum atomic E-state index is 13.6. The third-order valence-electron chi connectivity index (χ3n) is 7.78. The topological polar surface area (TPSA) is 56.5 Å².